The van der Waals surface area contributed by atoms with E-state index >= 15 is 0 Å². The van der Waals surface area contributed by atoms with Gasteiger partial charge in [0.05, 0.1) is 14.2 Å². The van der Waals surface area contributed by atoms with Gasteiger partial charge >= 0.3 is 5.97 Å². The molecule has 0 aliphatic heterocycles. The third-order valence-electron chi connectivity index (χ3n) is 2.05. The van der Waals surface area contributed by atoms with Gasteiger partial charge < -0.3 is 20.3 Å². The van der Waals surface area contributed by atoms with Gasteiger partial charge in [0.25, 0.3) is 0 Å². The van der Waals surface area contributed by atoms with Gasteiger partial charge in [-0.15, -0.1) is 0 Å². The van der Waals surface area contributed by atoms with E-state index in [1.807, 2.05) is 0 Å². The van der Waals surface area contributed by atoms with Gasteiger partial charge in [0, 0.05) is 18.2 Å². The van der Waals surface area contributed by atoms with Crippen LogP contribution in [0.3, 0.4) is 0 Å². The minimum absolute atomic E-state index is 0.0822. The van der Waals surface area contributed by atoms with E-state index in [0.29, 0.717) is 11.3 Å². The molecule has 0 bridgehead atoms. The molecule has 1 aromatic rings. The zero-order valence-electron chi connectivity index (χ0n) is 8.61. The van der Waals surface area contributed by atoms with Crippen LogP contribution >= 0.6 is 0 Å². The molecule has 0 saturated heterocycles. The summed E-state index contributed by atoms with van der Waals surface area (Å²) in [7, 11) is 2.90. The number of benzene rings is 1. The molecule has 0 radical (unpaired) electrons. The van der Waals surface area contributed by atoms with Crippen LogP contribution in [0.15, 0.2) is 12.1 Å². The average Bonchev–Trinajstić information content (AvgIpc) is 2.26. The average molecular weight is 211 g/mol. The summed E-state index contributed by atoms with van der Waals surface area (Å²) >= 11 is 0. The lowest BCUT2D eigenvalue weighted by molar-refractivity contribution is 0.0693. The van der Waals surface area contributed by atoms with Crippen molar-refractivity contribution in [1.29, 1.82) is 0 Å². The van der Waals surface area contributed by atoms with Crippen LogP contribution in [0.1, 0.15) is 15.9 Å². The number of aromatic carboxylic acids is 1. The predicted octanol–water partition coefficient (Wildman–Crippen LogP) is 0.861. The van der Waals surface area contributed by atoms with Crippen LogP contribution in [-0.2, 0) is 6.54 Å². The van der Waals surface area contributed by atoms with Crippen LogP contribution in [0.5, 0.6) is 11.5 Å². The summed E-state index contributed by atoms with van der Waals surface area (Å²) in [5.41, 5.74) is 6.19. The lowest BCUT2D eigenvalue weighted by Gasteiger charge is -2.11. The van der Waals surface area contributed by atoms with Crippen molar-refractivity contribution in [2.45, 2.75) is 6.54 Å². The molecule has 1 aromatic carbocycles. The summed E-state index contributed by atoms with van der Waals surface area (Å²) in [5.74, 6) is -0.264. The van der Waals surface area contributed by atoms with Gasteiger partial charge in [0.1, 0.15) is 17.1 Å². The number of methoxy groups -OCH3 is 2. The third-order valence-corrected chi connectivity index (χ3v) is 2.05. The molecule has 0 aromatic heterocycles. The van der Waals surface area contributed by atoms with Crippen LogP contribution in [0.4, 0.5) is 0 Å². The van der Waals surface area contributed by atoms with Crippen LogP contribution in [0.2, 0.25) is 0 Å². The van der Waals surface area contributed by atoms with Crippen molar-refractivity contribution >= 4 is 5.97 Å². The first-order valence-electron chi connectivity index (χ1n) is 4.32. The Morgan fingerprint density at radius 3 is 2.33 bits per heavy atom. The van der Waals surface area contributed by atoms with E-state index in [4.69, 9.17) is 20.3 Å². The maximum atomic E-state index is 10.9. The van der Waals surface area contributed by atoms with Gasteiger partial charge in [-0.3, -0.25) is 0 Å². The second kappa shape index (κ2) is 4.65. The minimum Gasteiger partial charge on any atom is -0.496 e. The molecule has 0 saturated carbocycles. The normalized spacial score (nSPS) is 9.80. The molecule has 5 nitrogen and oxygen atoms in total. The van der Waals surface area contributed by atoms with Gasteiger partial charge in [-0.05, 0) is 6.07 Å². The van der Waals surface area contributed by atoms with Crippen molar-refractivity contribution in [3.63, 3.8) is 0 Å². The molecule has 0 amide bonds. The second-order valence-electron chi connectivity index (χ2n) is 2.87. The summed E-state index contributed by atoms with van der Waals surface area (Å²) in [4.78, 5) is 10.9. The molecule has 1 rings (SSSR count). The highest BCUT2D eigenvalue weighted by Crippen LogP contribution is 2.28. The molecule has 0 heterocycles. The maximum Gasteiger partial charge on any atom is 0.339 e. The van der Waals surface area contributed by atoms with E-state index in [-0.39, 0.29) is 17.9 Å². The maximum absolute atomic E-state index is 10.9. The molecule has 15 heavy (non-hydrogen) atoms. The summed E-state index contributed by atoms with van der Waals surface area (Å²) < 4.78 is 10.0. The van der Waals surface area contributed by atoms with E-state index in [9.17, 15) is 4.79 Å². The predicted molar refractivity (Wildman–Crippen MR) is 54.4 cm³/mol. The zero-order valence-corrected chi connectivity index (χ0v) is 8.61. The number of ether oxygens (including phenoxy) is 2. The Morgan fingerprint density at radius 1 is 1.33 bits per heavy atom. The van der Waals surface area contributed by atoms with Crippen molar-refractivity contribution in [1.82, 2.24) is 0 Å². The third kappa shape index (κ3) is 2.19. The monoisotopic (exact) mass is 211 g/mol. The number of rotatable bonds is 4. The lowest BCUT2D eigenvalue weighted by atomic mass is 10.1. The molecule has 0 fully saturated rings. The minimum atomic E-state index is -1.05. The molecular formula is C10H13NO4. The van der Waals surface area contributed by atoms with Crippen molar-refractivity contribution in [3.8, 4) is 11.5 Å². The van der Waals surface area contributed by atoms with Crippen molar-refractivity contribution in [2.75, 3.05) is 14.2 Å². The number of carboxylic acid groups (broad SMARTS) is 1. The summed E-state index contributed by atoms with van der Waals surface area (Å²) in [5, 5.41) is 8.92. The molecule has 82 valence electrons. The van der Waals surface area contributed by atoms with Gasteiger partial charge in [-0.1, -0.05) is 0 Å². The van der Waals surface area contributed by atoms with Gasteiger partial charge in [0.15, 0.2) is 0 Å². The fourth-order valence-corrected chi connectivity index (χ4v) is 1.29. The molecule has 0 unspecified atom stereocenters. The quantitative estimate of drug-likeness (QED) is 0.771. The standard InChI is InChI=1S/C10H13NO4/c1-14-8-4-9(15-2)7(10(12)13)3-6(8)5-11/h3-4H,5,11H2,1-2H3,(H,12,13). The molecule has 0 spiro atoms. The summed E-state index contributed by atoms with van der Waals surface area (Å²) in [6.07, 6.45) is 0. The van der Waals surface area contributed by atoms with Gasteiger partial charge in [0.2, 0.25) is 0 Å². The van der Waals surface area contributed by atoms with Crippen LogP contribution in [0, 0.1) is 0 Å². The second-order valence-corrected chi connectivity index (χ2v) is 2.87. The molecule has 0 aliphatic carbocycles. The van der Waals surface area contributed by atoms with E-state index in [0.717, 1.165) is 0 Å². The van der Waals surface area contributed by atoms with Crippen molar-refractivity contribution in [2.24, 2.45) is 5.73 Å². The number of hydrogen-bond acceptors (Lipinski definition) is 4. The Bertz CT molecular complexity index is 376. The smallest absolute Gasteiger partial charge is 0.339 e. The topological polar surface area (TPSA) is 81.8 Å². The van der Waals surface area contributed by atoms with Gasteiger partial charge in [-0.25, -0.2) is 4.79 Å². The van der Waals surface area contributed by atoms with E-state index < -0.39 is 5.97 Å². The van der Waals surface area contributed by atoms with Gasteiger partial charge in [-0.2, -0.15) is 0 Å². The first-order chi connectivity index (χ1) is 7.13. The largest absolute Gasteiger partial charge is 0.496 e. The lowest BCUT2D eigenvalue weighted by Crippen LogP contribution is -2.06. The Kier molecular flexibility index (Phi) is 3.51. The fraction of sp³-hybridized carbons (Fsp3) is 0.300. The molecule has 0 atom stereocenters. The number of nitrogens with two attached hydrogens (primary N) is 1. The summed E-state index contributed by atoms with van der Waals surface area (Å²) in [6, 6.07) is 2.98. The molecule has 5 heteroatoms. The van der Waals surface area contributed by atoms with Crippen LogP contribution in [-0.4, -0.2) is 25.3 Å². The first kappa shape index (κ1) is 11.3. The zero-order chi connectivity index (χ0) is 11.4. The van der Waals surface area contributed by atoms with E-state index in [2.05, 4.69) is 0 Å². The Balaban J connectivity index is 3.34. The fourth-order valence-electron chi connectivity index (χ4n) is 1.29. The highest BCUT2D eigenvalue weighted by Gasteiger charge is 2.15. The first-order valence-corrected chi connectivity index (χ1v) is 4.32. The Labute approximate surface area is 87.4 Å². The molecule has 3 N–H and O–H groups in total. The van der Waals surface area contributed by atoms with Crippen molar-refractivity contribution < 1.29 is 19.4 Å². The SMILES string of the molecule is COc1cc(OC)c(C(=O)O)cc1CN. The van der Waals surface area contributed by atoms with Crippen molar-refractivity contribution in [3.05, 3.63) is 23.3 Å². The number of carboxylic acids is 1. The molecule has 0 aliphatic rings. The highest BCUT2D eigenvalue weighted by molar-refractivity contribution is 5.91. The Hall–Kier alpha value is -1.75. The number of hydrogen-bond donors (Lipinski definition) is 2. The Morgan fingerprint density at radius 2 is 1.93 bits per heavy atom. The van der Waals surface area contributed by atoms with E-state index in [1.165, 1.54) is 26.4 Å². The molecular weight excluding hydrogens is 198 g/mol. The van der Waals surface area contributed by atoms with E-state index in [1.54, 1.807) is 0 Å². The number of carbonyl (C=O) groups is 1. The highest BCUT2D eigenvalue weighted by atomic mass is 16.5. The van der Waals surface area contributed by atoms with Crippen LogP contribution < -0.4 is 15.2 Å². The summed E-state index contributed by atoms with van der Waals surface area (Å²) in [6.45, 7) is 0.216. The van der Waals surface area contributed by atoms with Crippen LogP contribution in [0.25, 0.3) is 0 Å².